The number of likely N-dealkylation sites (tertiary alicyclic amines) is 1. The number of pyridine rings is 1. The maximum Gasteiger partial charge on any atom is 0.140 e. The van der Waals surface area contributed by atoms with Gasteiger partial charge < -0.3 is 19.7 Å². The van der Waals surface area contributed by atoms with Gasteiger partial charge in [-0.25, -0.2) is 0 Å². The lowest BCUT2D eigenvalue weighted by atomic mass is 9.78. The number of ether oxygens (including phenoxy) is 2. The molecule has 1 aromatic rings. The monoisotopic (exact) mass is 330 g/mol. The molecule has 6 nitrogen and oxygen atoms in total. The summed E-state index contributed by atoms with van der Waals surface area (Å²) < 4.78 is 11.0. The first-order valence-corrected chi connectivity index (χ1v) is 8.59. The van der Waals surface area contributed by atoms with Crippen LogP contribution < -0.4 is 10.1 Å². The molecule has 130 valence electrons. The molecule has 6 heteroatoms. The summed E-state index contributed by atoms with van der Waals surface area (Å²) in [7, 11) is 3.28. The van der Waals surface area contributed by atoms with Gasteiger partial charge in [-0.3, -0.25) is 4.98 Å². The zero-order chi connectivity index (χ0) is 17.0. The molecule has 24 heavy (non-hydrogen) atoms. The number of hydrogen-bond donors (Lipinski definition) is 1. The summed E-state index contributed by atoms with van der Waals surface area (Å²) in [6, 6.07) is 3.91. The molecule has 3 heterocycles. The highest BCUT2D eigenvalue weighted by atomic mass is 16.5. The van der Waals surface area contributed by atoms with Crippen molar-refractivity contribution in [1.29, 1.82) is 5.26 Å². The van der Waals surface area contributed by atoms with Crippen LogP contribution in [0.2, 0.25) is 0 Å². The first-order valence-electron chi connectivity index (χ1n) is 8.59. The van der Waals surface area contributed by atoms with Crippen LogP contribution in [0, 0.1) is 16.7 Å². The van der Waals surface area contributed by atoms with Crippen molar-refractivity contribution >= 4 is 0 Å². The van der Waals surface area contributed by atoms with Crippen LogP contribution in [0.3, 0.4) is 0 Å². The zero-order valence-electron chi connectivity index (χ0n) is 14.5. The van der Waals surface area contributed by atoms with Gasteiger partial charge in [0.2, 0.25) is 0 Å². The molecule has 1 atom stereocenters. The fourth-order valence-electron chi connectivity index (χ4n) is 3.84. The first-order chi connectivity index (χ1) is 11.7. The maximum absolute atomic E-state index is 9.08. The SMILES string of the molecule is COc1cc([C@H](CN2CCC3(CCNC3)CC2)OC)ncc1C#N. The quantitative estimate of drug-likeness (QED) is 0.886. The van der Waals surface area contributed by atoms with Crippen molar-refractivity contribution < 1.29 is 9.47 Å². The molecular weight excluding hydrogens is 304 g/mol. The summed E-state index contributed by atoms with van der Waals surface area (Å²) in [6.07, 6.45) is 5.27. The fraction of sp³-hybridized carbons (Fsp3) is 0.667. The first kappa shape index (κ1) is 17.2. The highest BCUT2D eigenvalue weighted by Crippen LogP contribution is 2.37. The normalized spacial score (nSPS) is 21.5. The number of nitrogens with one attached hydrogen (secondary N) is 1. The van der Waals surface area contributed by atoms with Gasteiger partial charge >= 0.3 is 0 Å². The maximum atomic E-state index is 9.08. The van der Waals surface area contributed by atoms with Gasteiger partial charge in [0.15, 0.2) is 0 Å². The van der Waals surface area contributed by atoms with Gasteiger partial charge in [-0.15, -0.1) is 0 Å². The predicted molar refractivity (Wildman–Crippen MR) is 90.8 cm³/mol. The molecule has 1 aromatic heterocycles. The highest BCUT2D eigenvalue weighted by molar-refractivity contribution is 5.42. The number of nitriles is 1. The molecule has 3 rings (SSSR count). The van der Waals surface area contributed by atoms with Gasteiger partial charge in [-0.2, -0.15) is 5.26 Å². The standard InChI is InChI=1S/C18H26N4O2/c1-23-16-9-15(21-11-14(16)10-19)17(24-2)12-22-7-4-18(5-8-22)3-6-20-13-18/h9,11,17,20H,3-8,12-13H2,1-2H3/t17-/m0/s1. The van der Waals surface area contributed by atoms with Crippen molar-refractivity contribution in [2.24, 2.45) is 5.41 Å². The Hall–Kier alpha value is -1.68. The summed E-state index contributed by atoms with van der Waals surface area (Å²) >= 11 is 0. The van der Waals surface area contributed by atoms with Crippen LogP contribution in [-0.4, -0.2) is 56.8 Å². The molecule has 2 saturated heterocycles. The Bertz CT molecular complexity index is 598. The van der Waals surface area contributed by atoms with Gasteiger partial charge in [0.1, 0.15) is 23.5 Å². The summed E-state index contributed by atoms with van der Waals surface area (Å²) in [5.74, 6) is 0.555. The number of aromatic nitrogens is 1. The minimum absolute atomic E-state index is 0.109. The van der Waals surface area contributed by atoms with Gasteiger partial charge in [0, 0.05) is 32.5 Å². The average Bonchev–Trinajstić information content (AvgIpc) is 3.09. The van der Waals surface area contributed by atoms with Crippen LogP contribution in [0.25, 0.3) is 0 Å². The second kappa shape index (κ2) is 7.47. The second-order valence-corrected chi connectivity index (χ2v) is 6.87. The van der Waals surface area contributed by atoms with E-state index in [1.807, 2.05) is 6.07 Å². The zero-order valence-corrected chi connectivity index (χ0v) is 14.5. The Kier molecular flexibility index (Phi) is 5.34. The van der Waals surface area contributed by atoms with E-state index >= 15 is 0 Å². The topological polar surface area (TPSA) is 70.4 Å². The Morgan fingerprint density at radius 3 is 2.75 bits per heavy atom. The molecule has 2 aliphatic rings. The van der Waals surface area contributed by atoms with Crippen LogP contribution in [0.15, 0.2) is 12.3 Å². The molecule has 0 bridgehead atoms. The number of nitrogens with zero attached hydrogens (tertiary/aromatic N) is 3. The van der Waals surface area contributed by atoms with Gasteiger partial charge in [-0.05, 0) is 44.3 Å². The third-order valence-electron chi connectivity index (χ3n) is 5.51. The molecule has 0 radical (unpaired) electrons. The molecule has 1 spiro atoms. The van der Waals surface area contributed by atoms with Crippen LogP contribution in [0.5, 0.6) is 5.75 Å². The molecule has 2 aliphatic heterocycles. The number of methoxy groups -OCH3 is 2. The molecule has 0 unspecified atom stereocenters. The van der Waals surface area contributed by atoms with E-state index in [9.17, 15) is 0 Å². The minimum Gasteiger partial charge on any atom is -0.495 e. The second-order valence-electron chi connectivity index (χ2n) is 6.87. The molecule has 0 saturated carbocycles. The van der Waals surface area contributed by atoms with E-state index in [0.717, 1.165) is 31.9 Å². The average molecular weight is 330 g/mol. The van der Waals surface area contributed by atoms with Gasteiger partial charge in [-0.1, -0.05) is 0 Å². The van der Waals surface area contributed by atoms with Crippen LogP contribution in [0.1, 0.15) is 36.6 Å². The lowest BCUT2D eigenvalue weighted by molar-refractivity contribution is 0.0346. The lowest BCUT2D eigenvalue weighted by Crippen LogP contribution is -2.43. The lowest BCUT2D eigenvalue weighted by Gasteiger charge is -2.39. The third kappa shape index (κ3) is 3.54. The molecule has 1 N–H and O–H groups in total. The largest absolute Gasteiger partial charge is 0.495 e. The van der Waals surface area contributed by atoms with Crippen molar-refractivity contribution in [3.8, 4) is 11.8 Å². The number of rotatable bonds is 5. The summed E-state index contributed by atoms with van der Waals surface area (Å²) in [5, 5.41) is 12.6. The van der Waals surface area contributed by atoms with E-state index in [1.165, 1.54) is 25.8 Å². The molecular formula is C18H26N4O2. The van der Waals surface area contributed by atoms with E-state index in [1.54, 1.807) is 20.4 Å². The van der Waals surface area contributed by atoms with Crippen molar-refractivity contribution in [2.75, 3.05) is 46.9 Å². The molecule has 0 aromatic carbocycles. The Morgan fingerprint density at radius 2 is 2.17 bits per heavy atom. The van der Waals surface area contributed by atoms with Crippen molar-refractivity contribution in [3.63, 3.8) is 0 Å². The smallest absolute Gasteiger partial charge is 0.140 e. The molecule has 0 amide bonds. The highest BCUT2D eigenvalue weighted by Gasteiger charge is 2.37. The van der Waals surface area contributed by atoms with Crippen molar-refractivity contribution in [3.05, 3.63) is 23.5 Å². The third-order valence-corrected chi connectivity index (χ3v) is 5.51. The van der Waals surface area contributed by atoms with Crippen LogP contribution in [0.4, 0.5) is 0 Å². The van der Waals surface area contributed by atoms with E-state index in [0.29, 0.717) is 16.7 Å². The van der Waals surface area contributed by atoms with E-state index < -0.39 is 0 Å². The Balaban J connectivity index is 1.64. The van der Waals surface area contributed by atoms with Crippen molar-refractivity contribution in [2.45, 2.75) is 25.4 Å². The van der Waals surface area contributed by atoms with Crippen LogP contribution in [-0.2, 0) is 4.74 Å². The number of piperidine rings is 1. The summed E-state index contributed by atoms with van der Waals surface area (Å²) in [6.45, 7) is 5.37. The van der Waals surface area contributed by atoms with Crippen molar-refractivity contribution in [1.82, 2.24) is 15.2 Å². The van der Waals surface area contributed by atoms with Crippen LogP contribution >= 0.6 is 0 Å². The minimum atomic E-state index is -0.109. The summed E-state index contributed by atoms with van der Waals surface area (Å²) in [5.41, 5.74) is 1.79. The Morgan fingerprint density at radius 1 is 1.38 bits per heavy atom. The van der Waals surface area contributed by atoms with Gasteiger partial charge in [0.25, 0.3) is 0 Å². The predicted octanol–water partition coefficient (Wildman–Crippen LogP) is 1.72. The summed E-state index contributed by atoms with van der Waals surface area (Å²) in [4.78, 5) is 6.86. The molecule has 2 fully saturated rings. The van der Waals surface area contributed by atoms with E-state index in [-0.39, 0.29) is 6.10 Å². The molecule has 0 aliphatic carbocycles. The van der Waals surface area contributed by atoms with E-state index in [4.69, 9.17) is 14.7 Å². The fourth-order valence-corrected chi connectivity index (χ4v) is 3.84. The van der Waals surface area contributed by atoms with Gasteiger partial charge in [0.05, 0.1) is 12.8 Å². The van der Waals surface area contributed by atoms with E-state index in [2.05, 4.69) is 21.3 Å². The Labute approximate surface area is 143 Å². The number of hydrogen-bond acceptors (Lipinski definition) is 6.